The van der Waals surface area contributed by atoms with Crippen molar-refractivity contribution in [3.8, 4) is 5.75 Å². The molecule has 1 heterocycles. The molecule has 1 aliphatic carbocycles. The van der Waals surface area contributed by atoms with Gasteiger partial charge in [0.2, 0.25) is 0 Å². The van der Waals surface area contributed by atoms with Crippen LogP contribution in [0.1, 0.15) is 36.8 Å². The summed E-state index contributed by atoms with van der Waals surface area (Å²) in [6, 6.07) is 14.9. The quantitative estimate of drug-likeness (QED) is 0.723. The average Bonchev–Trinajstić information content (AvgIpc) is 2.73. The minimum atomic E-state index is 0.425. The van der Waals surface area contributed by atoms with Gasteiger partial charge in [-0.15, -0.1) is 0 Å². The summed E-state index contributed by atoms with van der Waals surface area (Å²) < 4.78 is 0. The first-order valence-corrected chi connectivity index (χ1v) is 11.5. The van der Waals surface area contributed by atoms with Gasteiger partial charge in [0.15, 0.2) is 0 Å². The van der Waals surface area contributed by atoms with E-state index >= 15 is 0 Å². The molecule has 0 spiro atoms. The van der Waals surface area contributed by atoms with Crippen LogP contribution in [-0.4, -0.2) is 23.1 Å². The summed E-state index contributed by atoms with van der Waals surface area (Å²) in [5.41, 5.74) is 2.73. The lowest BCUT2D eigenvalue weighted by Gasteiger charge is -2.27. The molecule has 0 aromatic heterocycles. The lowest BCUT2D eigenvalue weighted by molar-refractivity contribution is 0.221. The topological polar surface area (TPSA) is 23.5 Å². The number of benzene rings is 2. The van der Waals surface area contributed by atoms with E-state index in [-0.39, 0.29) is 0 Å². The minimum absolute atomic E-state index is 0.425. The number of piperidine rings is 1. The van der Waals surface area contributed by atoms with Crippen molar-refractivity contribution in [3.63, 3.8) is 0 Å². The van der Waals surface area contributed by atoms with Gasteiger partial charge in [-0.1, -0.05) is 69.6 Å². The third-order valence-corrected chi connectivity index (χ3v) is 7.18. The minimum Gasteiger partial charge on any atom is -0.507 e. The Bertz CT molecular complexity index is 851. The van der Waals surface area contributed by atoms with Gasteiger partial charge in [-0.2, -0.15) is 0 Å². The Labute approximate surface area is 170 Å². The number of rotatable bonds is 6. The molecule has 0 radical (unpaired) electrons. The number of aromatic hydroxyl groups is 1. The third kappa shape index (κ3) is 5.13. The number of hydrogen-bond donors (Lipinski definition) is 1. The SMILES string of the molecule is Oc1ccc(CC2C=CC=CC2)cc1Pc1ccccc1CN1CCCCC1. The van der Waals surface area contributed by atoms with Gasteiger partial charge in [-0.3, -0.25) is 4.90 Å². The fraction of sp³-hybridized carbons (Fsp3) is 0.360. The van der Waals surface area contributed by atoms with Crippen LogP contribution in [0.3, 0.4) is 0 Å². The molecule has 1 fully saturated rings. The molecule has 1 N–H and O–H groups in total. The van der Waals surface area contributed by atoms with Crippen LogP contribution in [0.25, 0.3) is 0 Å². The summed E-state index contributed by atoms with van der Waals surface area (Å²) in [5, 5.41) is 12.9. The maximum Gasteiger partial charge on any atom is 0.123 e. The summed E-state index contributed by atoms with van der Waals surface area (Å²) in [4.78, 5) is 2.58. The Balaban J connectivity index is 1.49. The van der Waals surface area contributed by atoms with E-state index in [0.717, 1.165) is 24.7 Å². The van der Waals surface area contributed by atoms with Crippen LogP contribution in [0.15, 0.2) is 66.8 Å². The van der Waals surface area contributed by atoms with Gasteiger partial charge in [0, 0.05) is 11.8 Å². The lowest BCUT2D eigenvalue weighted by Crippen LogP contribution is -2.30. The molecule has 1 saturated heterocycles. The van der Waals surface area contributed by atoms with Gasteiger partial charge in [-0.25, -0.2) is 0 Å². The Morgan fingerprint density at radius 1 is 0.964 bits per heavy atom. The molecule has 0 saturated carbocycles. The van der Waals surface area contributed by atoms with Crippen molar-refractivity contribution in [3.05, 3.63) is 77.9 Å². The Kier molecular flexibility index (Phi) is 6.62. The van der Waals surface area contributed by atoms with E-state index in [2.05, 4.69) is 65.6 Å². The van der Waals surface area contributed by atoms with Crippen molar-refractivity contribution >= 4 is 19.2 Å². The van der Waals surface area contributed by atoms with Crippen molar-refractivity contribution in [1.82, 2.24) is 4.90 Å². The van der Waals surface area contributed by atoms with E-state index in [4.69, 9.17) is 0 Å². The van der Waals surface area contributed by atoms with Crippen LogP contribution in [0, 0.1) is 5.92 Å². The first-order valence-electron chi connectivity index (χ1n) is 10.5. The van der Waals surface area contributed by atoms with E-state index in [0.29, 0.717) is 20.2 Å². The molecule has 2 nitrogen and oxygen atoms in total. The second-order valence-electron chi connectivity index (χ2n) is 7.98. The van der Waals surface area contributed by atoms with E-state index < -0.39 is 0 Å². The summed E-state index contributed by atoms with van der Waals surface area (Å²) in [6.45, 7) is 3.45. The van der Waals surface area contributed by atoms with Gasteiger partial charge in [0.25, 0.3) is 0 Å². The fourth-order valence-electron chi connectivity index (χ4n) is 4.18. The van der Waals surface area contributed by atoms with Gasteiger partial charge < -0.3 is 5.11 Å². The monoisotopic (exact) mass is 391 g/mol. The van der Waals surface area contributed by atoms with E-state index in [1.807, 2.05) is 6.07 Å². The maximum atomic E-state index is 10.5. The van der Waals surface area contributed by atoms with Crippen LogP contribution in [0.4, 0.5) is 0 Å². The Morgan fingerprint density at radius 2 is 1.82 bits per heavy atom. The second-order valence-corrected chi connectivity index (χ2v) is 9.31. The second kappa shape index (κ2) is 9.54. The number of hydrogen-bond acceptors (Lipinski definition) is 2. The molecule has 28 heavy (non-hydrogen) atoms. The van der Waals surface area contributed by atoms with Crippen LogP contribution < -0.4 is 10.6 Å². The molecule has 4 rings (SSSR count). The van der Waals surface area contributed by atoms with Gasteiger partial charge >= 0.3 is 0 Å². The number of phenols is 1. The number of phenolic OH excluding ortho intramolecular Hbond substituents is 1. The molecular formula is C25H30NOP. The average molecular weight is 391 g/mol. The van der Waals surface area contributed by atoms with E-state index in [1.54, 1.807) is 0 Å². The van der Waals surface area contributed by atoms with E-state index in [9.17, 15) is 5.11 Å². The molecule has 2 aromatic rings. The van der Waals surface area contributed by atoms with Crippen molar-refractivity contribution in [2.45, 2.75) is 38.6 Å². The van der Waals surface area contributed by atoms with Crippen LogP contribution in [0.2, 0.25) is 0 Å². The lowest BCUT2D eigenvalue weighted by atomic mass is 9.93. The molecule has 0 bridgehead atoms. The molecular weight excluding hydrogens is 361 g/mol. The fourth-order valence-corrected chi connectivity index (χ4v) is 5.44. The number of nitrogens with zero attached hydrogens (tertiary/aromatic N) is 1. The maximum absolute atomic E-state index is 10.5. The first kappa shape index (κ1) is 19.4. The zero-order valence-corrected chi connectivity index (χ0v) is 17.5. The van der Waals surface area contributed by atoms with Crippen LogP contribution >= 0.6 is 8.58 Å². The van der Waals surface area contributed by atoms with Gasteiger partial charge in [0.1, 0.15) is 5.75 Å². The highest BCUT2D eigenvalue weighted by Gasteiger charge is 2.14. The van der Waals surface area contributed by atoms with Crippen molar-refractivity contribution < 1.29 is 5.11 Å². The predicted molar refractivity (Wildman–Crippen MR) is 121 cm³/mol. The number of allylic oxidation sites excluding steroid dienone is 4. The van der Waals surface area contributed by atoms with Crippen LogP contribution in [-0.2, 0) is 13.0 Å². The van der Waals surface area contributed by atoms with Gasteiger partial charge in [-0.05, 0) is 73.3 Å². The zero-order valence-electron chi connectivity index (χ0n) is 16.5. The smallest absolute Gasteiger partial charge is 0.123 e. The Morgan fingerprint density at radius 3 is 2.64 bits per heavy atom. The molecule has 2 aromatic carbocycles. The van der Waals surface area contributed by atoms with Gasteiger partial charge in [0.05, 0.1) is 0 Å². The summed E-state index contributed by atoms with van der Waals surface area (Å²) in [6.07, 6.45) is 14.9. The molecule has 2 aliphatic rings. The van der Waals surface area contributed by atoms with Crippen molar-refractivity contribution in [2.75, 3.05) is 13.1 Å². The molecule has 1 aliphatic heterocycles. The first-order chi connectivity index (χ1) is 13.8. The summed E-state index contributed by atoms with van der Waals surface area (Å²) in [5.74, 6) is 0.992. The highest BCUT2D eigenvalue weighted by Crippen LogP contribution is 2.25. The summed E-state index contributed by atoms with van der Waals surface area (Å²) >= 11 is 0. The highest BCUT2D eigenvalue weighted by atomic mass is 31.1. The van der Waals surface area contributed by atoms with Crippen molar-refractivity contribution in [1.29, 1.82) is 0 Å². The molecule has 0 amide bonds. The normalized spacial score (nSPS) is 20.2. The van der Waals surface area contributed by atoms with Crippen LogP contribution in [0.5, 0.6) is 5.75 Å². The van der Waals surface area contributed by atoms with E-state index in [1.165, 1.54) is 48.8 Å². The largest absolute Gasteiger partial charge is 0.507 e. The zero-order chi connectivity index (χ0) is 19.2. The standard InChI is InChI=1S/C25H30NOP/c27-23-14-13-21(17-20-9-3-1-4-10-20)18-25(23)28-24-12-6-5-11-22(24)19-26-15-7-2-8-16-26/h1,3-6,9,11-14,18,20,27-28H,2,7-8,10,15-17,19H2. The number of likely N-dealkylation sites (tertiary alicyclic amines) is 1. The molecule has 3 heteroatoms. The summed E-state index contributed by atoms with van der Waals surface area (Å²) in [7, 11) is 0.495. The molecule has 146 valence electrons. The molecule has 2 atom stereocenters. The predicted octanol–water partition coefficient (Wildman–Crippen LogP) is 4.68. The molecule has 2 unspecified atom stereocenters. The third-order valence-electron chi connectivity index (χ3n) is 5.76. The Hall–Kier alpha value is -1.89. The highest BCUT2D eigenvalue weighted by molar-refractivity contribution is 7.55. The van der Waals surface area contributed by atoms with Crippen molar-refractivity contribution in [2.24, 2.45) is 5.92 Å².